The molecular weight excluding hydrogens is 600 g/mol. The van der Waals surface area contributed by atoms with Crippen LogP contribution in [0.5, 0.6) is 11.5 Å². The second-order valence-electron chi connectivity index (χ2n) is 10.9. The summed E-state index contributed by atoms with van der Waals surface area (Å²) in [7, 11) is 2.88. The number of esters is 1. The molecule has 2 atom stereocenters. The summed E-state index contributed by atoms with van der Waals surface area (Å²) in [5, 5.41) is 12.3. The van der Waals surface area contributed by atoms with E-state index < -0.39 is 24.1 Å². The lowest BCUT2D eigenvalue weighted by Crippen LogP contribution is -2.36. The second kappa shape index (κ2) is 16.2. The number of carbonyl (C=O) groups excluding carboxylic acids is 2. The first-order valence-corrected chi connectivity index (χ1v) is 15.4. The number of rotatable bonds is 14. The van der Waals surface area contributed by atoms with Crippen molar-refractivity contribution in [3.63, 3.8) is 0 Å². The summed E-state index contributed by atoms with van der Waals surface area (Å²) in [4.78, 5) is 42.2. The van der Waals surface area contributed by atoms with Crippen molar-refractivity contribution < 1.29 is 38.4 Å². The molecule has 1 aliphatic rings. The van der Waals surface area contributed by atoms with Crippen molar-refractivity contribution in [2.75, 3.05) is 20.8 Å². The number of benzene rings is 2. The Balaban J connectivity index is 1.52. The highest BCUT2D eigenvalue weighted by molar-refractivity contribution is 6.32. The minimum atomic E-state index is -1.24. The number of aromatic nitrogens is 1. The molecule has 1 aliphatic carbocycles. The number of nitrogens with one attached hydrogen (secondary N) is 1. The number of methoxy groups -OCH3 is 2. The van der Waals surface area contributed by atoms with E-state index in [0.29, 0.717) is 42.8 Å². The maximum Gasteiger partial charge on any atom is 0.339 e. The van der Waals surface area contributed by atoms with Gasteiger partial charge in [0.05, 0.1) is 18.1 Å². The molecule has 1 fully saturated rings. The molecule has 0 saturated heterocycles. The highest BCUT2D eigenvalue weighted by Crippen LogP contribution is 2.36. The molecule has 0 unspecified atom stereocenters. The maximum atomic E-state index is 13.4. The van der Waals surface area contributed by atoms with Crippen molar-refractivity contribution in [1.82, 2.24) is 10.3 Å². The third-order valence-corrected chi connectivity index (χ3v) is 8.27. The van der Waals surface area contributed by atoms with Crippen molar-refractivity contribution >= 4 is 29.4 Å². The molecule has 45 heavy (non-hydrogen) atoms. The Kier molecular flexibility index (Phi) is 12.2. The number of carboxylic acids is 1. The first-order chi connectivity index (χ1) is 21.7. The summed E-state index contributed by atoms with van der Waals surface area (Å²) in [5.74, 6) is -1.23. The second-order valence-corrected chi connectivity index (χ2v) is 11.4. The molecule has 2 N–H and O–H groups in total. The number of carboxylic acid groups (broad SMARTS) is 1. The highest BCUT2D eigenvalue weighted by atomic mass is 35.5. The lowest BCUT2D eigenvalue weighted by Gasteiger charge is -2.27. The van der Waals surface area contributed by atoms with Crippen LogP contribution in [0, 0.1) is 11.8 Å². The lowest BCUT2D eigenvalue weighted by molar-refractivity contribution is -0.163. The van der Waals surface area contributed by atoms with Crippen molar-refractivity contribution in [1.29, 1.82) is 0 Å². The average Bonchev–Trinajstić information content (AvgIpc) is 3.07. The smallest absolute Gasteiger partial charge is 0.339 e. The normalized spacial score (nSPS) is 17.5. The van der Waals surface area contributed by atoms with Crippen LogP contribution >= 0.6 is 11.6 Å². The molecule has 1 heterocycles. The molecule has 3 aromatic rings. The van der Waals surface area contributed by atoms with Gasteiger partial charge in [-0.25, -0.2) is 9.78 Å². The Hall–Kier alpha value is -4.15. The predicted molar refractivity (Wildman–Crippen MR) is 167 cm³/mol. The van der Waals surface area contributed by atoms with E-state index in [4.69, 9.17) is 35.5 Å². The van der Waals surface area contributed by atoms with Crippen LogP contribution in [0.1, 0.15) is 66.0 Å². The molecule has 2 aromatic carbocycles. The number of aliphatic carboxylic acids is 1. The van der Waals surface area contributed by atoms with Crippen LogP contribution in [-0.4, -0.2) is 54.8 Å². The van der Waals surface area contributed by atoms with Gasteiger partial charge in [-0.15, -0.1) is 0 Å². The number of ether oxygens (including phenoxy) is 4. The molecular formula is C34H39ClN2O8. The first-order valence-electron chi connectivity index (χ1n) is 15.0. The fourth-order valence-electron chi connectivity index (χ4n) is 5.32. The molecule has 240 valence electrons. The van der Waals surface area contributed by atoms with Crippen molar-refractivity contribution in [2.24, 2.45) is 11.8 Å². The SMILES string of the molecule is CCc1ccc(OC)c([C@H](Oc2ccc(C(=O)NCC3CCC(C(=O)O)CC3)cc2Cl)[C@H](OC)C(=O)OCc2ccccc2)n1. The Morgan fingerprint density at radius 3 is 2.33 bits per heavy atom. The summed E-state index contributed by atoms with van der Waals surface area (Å²) >= 11 is 6.63. The zero-order valence-corrected chi connectivity index (χ0v) is 26.4. The van der Waals surface area contributed by atoms with Crippen molar-refractivity contribution in [2.45, 2.75) is 57.8 Å². The number of nitrogens with zero attached hydrogens (tertiary/aromatic N) is 1. The average molecular weight is 639 g/mol. The fraction of sp³-hybridized carbons (Fsp3) is 0.412. The molecule has 4 rings (SSSR count). The zero-order valence-electron chi connectivity index (χ0n) is 25.7. The molecule has 11 heteroatoms. The number of pyridine rings is 1. The molecule has 0 aliphatic heterocycles. The van der Waals surface area contributed by atoms with Gasteiger partial charge in [0.2, 0.25) is 0 Å². The van der Waals surface area contributed by atoms with Crippen LogP contribution < -0.4 is 14.8 Å². The molecule has 10 nitrogen and oxygen atoms in total. The minimum Gasteiger partial charge on any atom is -0.495 e. The van der Waals surface area contributed by atoms with E-state index in [1.807, 2.05) is 43.3 Å². The van der Waals surface area contributed by atoms with Crippen molar-refractivity contribution in [3.05, 3.63) is 88.2 Å². The lowest BCUT2D eigenvalue weighted by atomic mass is 9.82. The van der Waals surface area contributed by atoms with Gasteiger partial charge < -0.3 is 29.4 Å². The van der Waals surface area contributed by atoms with E-state index in [1.165, 1.54) is 20.3 Å². The van der Waals surface area contributed by atoms with E-state index in [0.717, 1.165) is 24.1 Å². The van der Waals surface area contributed by atoms with Gasteiger partial charge in [-0.05, 0) is 73.9 Å². The van der Waals surface area contributed by atoms with E-state index in [1.54, 1.807) is 18.2 Å². The summed E-state index contributed by atoms with van der Waals surface area (Å²) in [5.41, 5.74) is 2.22. The quantitative estimate of drug-likeness (QED) is 0.210. The minimum absolute atomic E-state index is 0.0391. The van der Waals surface area contributed by atoms with Gasteiger partial charge in [-0.3, -0.25) is 9.59 Å². The fourth-order valence-corrected chi connectivity index (χ4v) is 5.55. The monoisotopic (exact) mass is 638 g/mol. The Morgan fingerprint density at radius 2 is 1.71 bits per heavy atom. The summed E-state index contributed by atoms with van der Waals surface area (Å²) in [6.07, 6.45) is 0.992. The summed E-state index contributed by atoms with van der Waals surface area (Å²) < 4.78 is 23.2. The number of amides is 1. The number of aryl methyl sites for hydroxylation is 1. The van der Waals surface area contributed by atoms with E-state index in [-0.39, 0.29) is 35.1 Å². The third-order valence-electron chi connectivity index (χ3n) is 7.98. The number of carbonyl (C=O) groups is 3. The molecule has 1 saturated carbocycles. The van der Waals surface area contributed by atoms with Gasteiger partial charge in [-0.2, -0.15) is 0 Å². The number of hydrogen-bond acceptors (Lipinski definition) is 8. The first kappa shape index (κ1) is 33.7. The maximum absolute atomic E-state index is 13.4. The van der Waals surface area contributed by atoms with Gasteiger partial charge >= 0.3 is 11.9 Å². The van der Waals surface area contributed by atoms with Gasteiger partial charge in [-0.1, -0.05) is 48.9 Å². The zero-order chi connectivity index (χ0) is 32.3. The van der Waals surface area contributed by atoms with E-state index >= 15 is 0 Å². The van der Waals surface area contributed by atoms with E-state index in [9.17, 15) is 19.5 Å². The Labute approximate surface area is 268 Å². The van der Waals surface area contributed by atoms with Crippen LogP contribution in [0.4, 0.5) is 0 Å². The molecule has 1 aromatic heterocycles. The topological polar surface area (TPSA) is 133 Å². The number of halogens is 1. The molecule has 0 radical (unpaired) electrons. The number of hydrogen-bond donors (Lipinski definition) is 2. The van der Waals surface area contributed by atoms with Crippen LogP contribution in [0.3, 0.4) is 0 Å². The Morgan fingerprint density at radius 1 is 1.00 bits per heavy atom. The summed E-state index contributed by atoms with van der Waals surface area (Å²) in [6.45, 7) is 2.44. The van der Waals surface area contributed by atoms with Crippen LogP contribution in [0.2, 0.25) is 5.02 Å². The predicted octanol–water partition coefficient (Wildman–Crippen LogP) is 5.81. The largest absolute Gasteiger partial charge is 0.495 e. The third kappa shape index (κ3) is 8.95. The van der Waals surface area contributed by atoms with Gasteiger partial charge in [0.25, 0.3) is 5.91 Å². The standard InChI is InChI=1S/C34H39ClN2O8/c1-4-25-15-17-28(42-2)29(37-25)30(31(43-3)34(41)44-20-22-8-6-5-7-9-22)45-27-16-14-24(18-26(27)35)32(38)36-19-21-10-12-23(13-11-21)33(39)40/h5-9,14-18,21,23,30-31H,4,10-13,19-20H2,1-3H3,(H,36,38)(H,39,40)/t21?,23?,30-,31-/m0/s1. The van der Waals surface area contributed by atoms with Gasteiger partial charge in [0, 0.05) is 24.9 Å². The van der Waals surface area contributed by atoms with Crippen molar-refractivity contribution in [3.8, 4) is 11.5 Å². The molecule has 0 spiro atoms. The van der Waals surface area contributed by atoms with Crippen LogP contribution in [0.25, 0.3) is 0 Å². The summed E-state index contributed by atoms with van der Waals surface area (Å²) in [6, 6.07) is 17.5. The molecule has 0 bridgehead atoms. The highest BCUT2D eigenvalue weighted by Gasteiger charge is 2.37. The molecule has 1 amide bonds. The van der Waals surface area contributed by atoms with Gasteiger partial charge in [0.15, 0.2) is 12.2 Å². The van der Waals surface area contributed by atoms with Crippen LogP contribution in [0.15, 0.2) is 60.7 Å². The van der Waals surface area contributed by atoms with E-state index in [2.05, 4.69) is 5.32 Å². The Bertz CT molecular complexity index is 1460. The van der Waals surface area contributed by atoms with Gasteiger partial charge in [0.1, 0.15) is 23.8 Å². The van der Waals surface area contributed by atoms with Crippen LogP contribution in [-0.2, 0) is 32.1 Å².